The van der Waals surface area contributed by atoms with E-state index in [1.165, 1.54) is 24.8 Å². The molecule has 2 N–H and O–H groups in total. The minimum Gasteiger partial charge on any atom is -0.327 e. The summed E-state index contributed by atoms with van der Waals surface area (Å²) in [6.45, 7) is 2.22. The number of nitrogens with two attached hydrogens (primary N) is 1. The Kier molecular flexibility index (Phi) is 5.31. The highest BCUT2D eigenvalue weighted by molar-refractivity contribution is 5.15. The van der Waals surface area contributed by atoms with Gasteiger partial charge in [0.05, 0.1) is 0 Å². The van der Waals surface area contributed by atoms with Crippen molar-refractivity contribution in [2.75, 3.05) is 0 Å². The zero-order valence-corrected chi connectivity index (χ0v) is 9.08. The Morgan fingerprint density at radius 3 is 2.50 bits per heavy atom. The quantitative estimate of drug-likeness (QED) is 0.687. The molecule has 0 unspecified atom stereocenters. The fourth-order valence-corrected chi connectivity index (χ4v) is 1.68. The van der Waals surface area contributed by atoms with Crippen LogP contribution in [-0.2, 0) is 6.42 Å². The fourth-order valence-electron chi connectivity index (χ4n) is 1.68. The number of rotatable bonds is 6. The maximum atomic E-state index is 6.05. The third kappa shape index (κ3) is 4.43. The predicted octanol–water partition coefficient (Wildman–Crippen LogP) is 3.14. The lowest BCUT2D eigenvalue weighted by atomic mass is 10.0. The van der Waals surface area contributed by atoms with Crippen LogP contribution in [0.25, 0.3) is 0 Å². The van der Waals surface area contributed by atoms with Crippen molar-refractivity contribution in [1.82, 2.24) is 0 Å². The summed E-state index contributed by atoms with van der Waals surface area (Å²) in [5, 5.41) is 0. The summed E-state index contributed by atoms with van der Waals surface area (Å²) >= 11 is 0. The van der Waals surface area contributed by atoms with Gasteiger partial charge in [0.25, 0.3) is 0 Å². The van der Waals surface area contributed by atoms with Gasteiger partial charge in [0.2, 0.25) is 0 Å². The highest BCUT2D eigenvalue weighted by atomic mass is 14.6. The second-order valence-corrected chi connectivity index (χ2v) is 3.95. The van der Waals surface area contributed by atoms with Crippen LogP contribution >= 0.6 is 0 Å². The van der Waals surface area contributed by atoms with Gasteiger partial charge in [-0.25, -0.2) is 0 Å². The molecule has 1 aromatic rings. The number of benzene rings is 1. The van der Waals surface area contributed by atoms with Crippen molar-refractivity contribution in [2.45, 2.75) is 45.1 Å². The van der Waals surface area contributed by atoms with Crippen molar-refractivity contribution in [3.8, 4) is 0 Å². The smallest absolute Gasteiger partial charge is 0.00793 e. The van der Waals surface area contributed by atoms with Crippen LogP contribution in [0.4, 0.5) is 0 Å². The molecule has 1 aromatic carbocycles. The largest absolute Gasteiger partial charge is 0.327 e. The minimum atomic E-state index is 0.337. The van der Waals surface area contributed by atoms with Crippen LogP contribution in [0, 0.1) is 0 Å². The van der Waals surface area contributed by atoms with Gasteiger partial charge in [-0.1, -0.05) is 56.5 Å². The lowest BCUT2D eigenvalue weighted by molar-refractivity contribution is 0.557. The van der Waals surface area contributed by atoms with E-state index in [1.807, 2.05) is 6.07 Å². The van der Waals surface area contributed by atoms with E-state index in [0.29, 0.717) is 6.04 Å². The van der Waals surface area contributed by atoms with Gasteiger partial charge >= 0.3 is 0 Å². The van der Waals surface area contributed by atoms with E-state index in [-0.39, 0.29) is 0 Å². The van der Waals surface area contributed by atoms with Gasteiger partial charge < -0.3 is 5.73 Å². The van der Waals surface area contributed by atoms with Gasteiger partial charge in [-0.05, 0) is 18.4 Å². The zero-order chi connectivity index (χ0) is 10.2. The van der Waals surface area contributed by atoms with Gasteiger partial charge in [0.1, 0.15) is 0 Å². The molecule has 1 nitrogen and oxygen atoms in total. The maximum absolute atomic E-state index is 6.05. The predicted molar refractivity (Wildman–Crippen MR) is 62.3 cm³/mol. The molecule has 0 spiro atoms. The Labute approximate surface area is 87.3 Å². The zero-order valence-electron chi connectivity index (χ0n) is 9.08. The Hall–Kier alpha value is -0.820. The van der Waals surface area contributed by atoms with E-state index >= 15 is 0 Å². The lowest BCUT2D eigenvalue weighted by Gasteiger charge is -2.10. The first-order valence-corrected chi connectivity index (χ1v) is 5.62. The second kappa shape index (κ2) is 6.61. The molecule has 78 valence electrons. The van der Waals surface area contributed by atoms with Crippen LogP contribution in [0.1, 0.15) is 38.2 Å². The average Bonchev–Trinajstić information content (AvgIpc) is 2.20. The first-order valence-electron chi connectivity index (χ1n) is 5.62. The van der Waals surface area contributed by atoms with Crippen LogP contribution in [0.15, 0.2) is 30.3 Å². The molecule has 0 saturated heterocycles. The fraction of sp³-hybridized carbons (Fsp3) is 0.538. The molecule has 1 atom stereocenters. The van der Waals surface area contributed by atoms with Crippen molar-refractivity contribution in [3.63, 3.8) is 0 Å². The van der Waals surface area contributed by atoms with Gasteiger partial charge in [-0.2, -0.15) is 0 Å². The summed E-state index contributed by atoms with van der Waals surface area (Å²) < 4.78 is 0. The van der Waals surface area contributed by atoms with Gasteiger partial charge in [0.15, 0.2) is 0 Å². The van der Waals surface area contributed by atoms with Gasteiger partial charge in [-0.15, -0.1) is 0 Å². The van der Waals surface area contributed by atoms with Crippen LogP contribution in [0.2, 0.25) is 0 Å². The molecule has 0 aliphatic heterocycles. The number of hydrogen-bond acceptors (Lipinski definition) is 1. The van der Waals surface area contributed by atoms with Crippen LogP contribution in [0.3, 0.4) is 0 Å². The van der Waals surface area contributed by atoms with E-state index < -0.39 is 0 Å². The number of hydrogen-bond donors (Lipinski definition) is 1. The van der Waals surface area contributed by atoms with Crippen molar-refractivity contribution in [3.05, 3.63) is 35.9 Å². The van der Waals surface area contributed by atoms with E-state index in [9.17, 15) is 0 Å². The van der Waals surface area contributed by atoms with Crippen LogP contribution in [0.5, 0.6) is 0 Å². The Bertz CT molecular complexity index is 230. The number of unbranched alkanes of at least 4 members (excludes halogenated alkanes) is 2. The van der Waals surface area contributed by atoms with Crippen molar-refractivity contribution < 1.29 is 0 Å². The Morgan fingerprint density at radius 1 is 1.14 bits per heavy atom. The minimum absolute atomic E-state index is 0.337. The summed E-state index contributed by atoms with van der Waals surface area (Å²) in [6, 6.07) is 10.8. The molecular weight excluding hydrogens is 170 g/mol. The molecule has 0 fully saturated rings. The first-order chi connectivity index (χ1) is 6.83. The normalized spacial score (nSPS) is 12.7. The summed E-state index contributed by atoms with van der Waals surface area (Å²) in [5.74, 6) is 0. The van der Waals surface area contributed by atoms with Crippen molar-refractivity contribution in [1.29, 1.82) is 0 Å². The van der Waals surface area contributed by atoms with Gasteiger partial charge in [0, 0.05) is 6.04 Å². The Morgan fingerprint density at radius 2 is 1.86 bits per heavy atom. The summed E-state index contributed by atoms with van der Waals surface area (Å²) in [7, 11) is 0. The summed E-state index contributed by atoms with van der Waals surface area (Å²) in [5.41, 5.74) is 7.40. The lowest BCUT2D eigenvalue weighted by Crippen LogP contribution is -2.22. The molecule has 0 amide bonds. The molecule has 0 aliphatic carbocycles. The highest BCUT2D eigenvalue weighted by Gasteiger charge is 2.02. The van der Waals surface area contributed by atoms with E-state index in [0.717, 1.165) is 12.8 Å². The maximum Gasteiger partial charge on any atom is 0.00793 e. The topological polar surface area (TPSA) is 26.0 Å². The molecule has 14 heavy (non-hydrogen) atoms. The average molecular weight is 191 g/mol. The van der Waals surface area contributed by atoms with Crippen LogP contribution < -0.4 is 5.73 Å². The molecule has 1 heteroatoms. The molecule has 0 bridgehead atoms. The van der Waals surface area contributed by atoms with E-state index in [1.54, 1.807) is 0 Å². The monoisotopic (exact) mass is 191 g/mol. The molecule has 0 aliphatic rings. The first kappa shape index (κ1) is 11.3. The summed E-state index contributed by atoms with van der Waals surface area (Å²) in [4.78, 5) is 0. The third-order valence-electron chi connectivity index (χ3n) is 2.52. The molecule has 0 radical (unpaired) electrons. The molecule has 1 rings (SSSR count). The second-order valence-electron chi connectivity index (χ2n) is 3.95. The van der Waals surface area contributed by atoms with Crippen molar-refractivity contribution in [2.24, 2.45) is 5.73 Å². The van der Waals surface area contributed by atoms with Crippen molar-refractivity contribution >= 4 is 0 Å². The molecular formula is C13H21N. The molecule has 0 heterocycles. The highest BCUT2D eigenvalue weighted by Crippen LogP contribution is 2.07. The molecule has 0 saturated carbocycles. The van der Waals surface area contributed by atoms with E-state index in [2.05, 4.69) is 31.2 Å². The van der Waals surface area contributed by atoms with Gasteiger partial charge in [-0.3, -0.25) is 0 Å². The SMILES string of the molecule is CCCCC[C@@H](N)Cc1ccccc1. The standard InChI is InChI=1S/C13H21N/c1-2-3-5-10-13(14)11-12-8-6-4-7-9-12/h4,6-9,13H,2-3,5,10-11,14H2,1H3/t13-/m1/s1. The van der Waals surface area contributed by atoms with Crippen LogP contribution in [-0.4, -0.2) is 6.04 Å². The Balaban J connectivity index is 2.23. The third-order valence-corrected chi connectivity index (χ3v) is 2.52. The molecule has 0 aromatic heterocycles. The van der Waals surface area contributed by atoms with E-state index in [4.69, 9.17) is 5.73 Å². The summed E-state index contributed by atoms with van der Waals surface area (Å²) in [6.07, 6.45) is 6.03.